The standard InChI is InChI=1S/C11H17N/c1-3-11(12)8-10-7-5-4-6-9(10)2/h4-7,11H,3,8,12H2,1-2H3/t11-/m0/s1. The number of hydrogen-bond donors (Lipinski definition) is 1. The maximum Gasteiger partial charge on any atom is 0.00767 e. The molecule has 0 radical (unpaired) electrons. The molecule has 0 unspecified atom stereocenters. The van der Waals surface area contributed by atoms with Crippen molar-refractivity contribution in [3.8, 4) is 0 Å². The minimum atomic E-state index is 0.311. The molecule has 0 saturated carbocycles. The second-order valence-electron chi connectivity index (χ2n) is 3.30. The first-order valence-electron chi connectivity index (χ1n) is 4.54. The Morgan fingerprint density at radius 3 is 2.58 bits per heavy atom. The van der Waals surface area contributed by atoms with E-state index in [1.54, 1.807) is 0 Å². The topological polar surface area (TPSA) is 26.0 Å². The second kappa shape index (κ2) is 4.27. The highest BCUT2D eigenvalue weighted by Crippen LogP contribution is 2.09. The minimum absolute atomic E-state index is 0.311. The van der Waals surface area contributed by atoms with Crippen molar-refractivity contribution in [2.45, 2.75) is 32.7 Å². The van der Waals surface area contributed by atoms with E-state index in [1.807, 2.05) is 0 Å². The van der Waals surface area contributed by atoms with Crippen molar-refractivity contribution >= 4 is 0 Å². The summed E-state index contributed by atoms with van der Waals surface area (Å²) in [7, 11) is 0. The molecule has 0 aliphatic heterocycles. The van der Waals surface area contributed by atoms with Gasteiger partial charge in [0.15, 0.2) is 0 Å². The molecule has 1 nitrogen and oxygen atoms in total. The average Bonchev–Trinajstić information content (AvgIpc) is 2.09. The monoisotopic (exact) mass is 163 g/mol. The van der Waals surface area contributed by atoms with E-state index in [1.165, 1.54) is 11.1 Å². The smallest absolute Gasteiger partial charge is 0.00767 e. The lowest BCUT2D eigenvalue weighted by Gasteiger charge is -2.10. The number of benzene rings is 1. The van der Waals surface area contributed by atoms with E-state index in [9.17, 15) is 0 Å². The average molecular weight is 163 g/mol. The maximum atomic E-state index is 5.87. The Morgan fingerprint density at radius 1 is 1.33 bits per heavy atom. The molecule has 0 fully saturated rings. The van der Waals surface area contributed by atoms with Crippen LogP contribution in [0.25, 0.3) is 0 Å². The van der Waals surface area contributed by atoms with Crippen LogP contribution in [0.15, 0.2) is 24.3 Å². The zero-order chi connectivity index (χ0) is 8.97. The SMILES string of the molecule is CC[C@H](N)Cc1ccccc1C. The van der Waals surface area contributed by atoms with Gasteiger partial charge in [0.1, 0.15) is 0 Å². The van der Waals surface area contributed by atoms with Gasteiger partial charge >= 0.3 is 0 Å². The van der Waals surface area contributed by atoms with E-state index in [0.717, 1.165) is 12.8 Å². The summed E-state index contributed by atoms with van der Waals surface area (Å²) in [5.41, 5.74) is 8.60. The zero-order valence-corrected chi connectivity index (χ0v) is 7.88. The van der Waals surface area contributed by atoms with Crippen molar-refractivity contribution in [3.63, 3.8) is 0 Å². The Hall–Kier alpha value is -0.820. The molecule has 0 bridgehead atoms. The highest BCUT2D eigenvalue weighted by Gasteiger charge is 2.02. The fourth-order valence-electron chi connectivity index (χ4n) is 1.27. The molecule has 2 N–H and O–H groups in total. The van der Waals surface area contributed by atoms with Crippen LogP contribution in [0.3, 0.4) is 0 Å². The predicted octanol–water partition coefficient (Wildman–Crippen LogP) is 2.27. The molecule has 1 rings (SSSR count). The predicted molar refractivity (Wildman–Crippen MR) is 53.1 cm³/mol. The number of rotatable bonds is 3. The fourth-order valence-corrected chi connectivity index (χ4v) is 1.27. The van der Waals surface area contributed by atoms with E-state index >= 15 is 0 Å². The molecule has 0 amide bonds. The van der Waals surface area contributed by atoms with Crippen molar-refractivity contribution in [2.24, 2.45) is 5.73 Å². The third-order valence-corrected chi connectivity index (χ3v) is 2.27. The molecule has 0 aromatic heterocycles. The number of aryl methyl sites for hydroxylation is 1. The maximum absolute atomic E-state index is 5.87. The van der Waals surface area contributed by atoms with Crippen LogP contribution in [0.2, 0.25) is 0 Å². The van der Waals surface area contributed by atoms with Crippen molar-refractivity contribution < 1.29 is 0 Å². The highest BCUT2D eigenvalue weighted by atomic mass is 14.6. The van der Waals surface area contributed by atoms with Crippen LogP contribution in [0.1, 0.15) is 24.5 Å². The summed E-state index contributed by atoms with van der Waals surface area (Å²) in [6.45, 7) is 4.26. The fraction of sp³-hybridized carbons (Fsp3) is 0.455. The van der Waals surface area contributed by atoms with Crippen molar-refractivity contribution in [3.05, 3.63) is 35.4 Å². The van der Waals surface area contributed by atoms with Crippen molar-refractivity contribution in [1.29, 1.82) is 0 Å². The lowest BCUT2D eigenvalue weighted by atomic mass is 10.0. The lowest BCUT2D eigenvalue weighted by molar-refractivity contribution is 0.644. The normalized spacial score (nSPS) is 12.9. The van der Waals surface area contributed by atoms with Gasteiger partial charge < -0.3 is 5.73 Å². The molecule has 1 atom stereocenters. The second-order valence-corrected chi connectivity index (χ2v) is 3.30. The largest absolute Gasteiger partial charge is 0.327 e. The van der Waals surface area contributed by atoms with Crippen LogP contribution < -0.4 is 5.73 Å². The van der Waals surface area contributed by atoms with Gasteiger partial charge in [0.2, 0.25) is 0 Å². The van der Waals surface area contributed by atoms with Gasteiger partial charge in [0, 0.05) is 6.04 Å². The van der Waals surface area contributed by atoms with E-state index in [4.69, 9.17) is 5.73 Å². The Labute approximate surface area is 74.6 Å². The number of hydrogen-bond acceptors (Lipinski definition) is 1. The van der Waals surface area contributed by atoms with Gasteiger partial charge in [-0.15, -0.1) is 0 Å². The van der Waals surface area contributed by atoms with E-state index < -0.39 is 0 Å². The van der Waals surface area contributed by atoms with Crippen molar-refractivity contribution in [1.82, 2.24) is 0 Å². The summed E-state index contributed by atoms with van der Waals surface area (Å²) in [4.78, 5) is 0. The van der Waals surface area contributed by atoms with E-state index in [-0.39, 0.29) is 0 Å². The van der Waals surface area contributed by atoms with Crippen LogP contribution in [0.4, 0.5) is 0 Å². The van der Waals surface area contributed by atoms with Gasteiger partial charge in [-0.2, -0.15) is 0 Å². The summed E-state index contributed by atoms with van der Waals surface area (Å²) in [6, 6.07) is 8.75. The summed E-state index contributed by atoms with van der Waals surface area (Å²) >= 11 is 0. The molecule has 1 aromatic carbocycles. The third-order valence-electron chi connectivity index (χ3n) is 2.27. The van der Waals surface area contributed by atoms with Gasteiger partial charge in [-0.25, -0.2) is 0 Å². The Bertz CT molecular complexity index is 243. The van der Waals surface area contributed by atoms with Crippen LogP contribution in [-0.2, 0) is 6.42 Å². The lowest BCUT2D eigenvalue weighted by Crippen LogP contribution is -2.21. The summed E-state index contributed by atoms with van der Waals surface area (Å²) < 4.78 is 0. The van der Waals surface area contributed by atoms with Crippen LogP contribution in [-0.4, -0.2) is 6.04 Å². The molecule has 66 valence electrons. The molecule has 0 aliphatic carbocycles. The highest BCUT2D eigenvalue weighted by molar-refractivity contribution is 5.26. The molecule has 0 saturated heterocycles. The van der Waals surface area contributed by atoms with Crippen molar-refractivity contribution in [2.75, 3.05) is 0 Å². The summed E-state index contributed by atoms with van der Waals surface area (Å²) in [5, 5.41) is 0. The molecular formula is C11H17N. The van der Waals surface area contributed by atoms with E-state index in [2.05, 4.69) is 38.1 Å². The van der Waals surface area contributed by atoms with Gasteiger partial charge in [-0.05, 0) is 30.9 Å². The zero-order valence-electron chi connectivity index (χ0n) is 7.88. The molecule has 12 heavy (non-hydrogen) atoms. The number of nitrogens with two attached hydrogens (primary N) is 1. The van der Waals surface area contributed by atoms with E-state index in [0.29, 0.717) is 6.04 Å². The van der Waals surface area contributed by atoms with Crippen LogP contribution >= 0.6 is 0 Å². The Morgan fingerprint density at radius 2 is 2.00 bits per heavy atom. The van der Waals surface area contributed by atoms with Crippen LogP contribution in [0, 0.1) is 6.92 Å². The Balaban J connectivity index is 2.69. The summed E-state index contributed by atoms with van der Waals surface area (Å²) in [5.74, 6) is 0. The Kier molecular flexibility index (Phi) is 3.30. The third kappa shape index (κ3) is 2.35. The summed E-state index contributed by atoms with van der Waals surface area (Å²) in [6.07, 6.45) is 2.05. The van der Waals surface area contributed by atoms with Gasteiger partial charge in [0.05, 0.1) is 0 Å². The molecule has 0 spiro atoms. The first-order valence-corrected chi connectivity index (χ1v) is 4.54. The quantitative estimate of drug-likeness (QED) is 0.726. The van der Waals surface area contributed by atoms with Gasteiger partial charge in [-0.1, -0.05) is 31.2 Å². The molecule has 1 aromatic rings. The molecule has 0 aliphatic rings. The van der Waals surface area contributed by atoms with Crippen LogP contribution in [0.5, 0.6) is 0 Å². The molecule has 0 heterocycles. The molecule has 1 heteroatoms. The molecular weight excluding hydrogens is 146 g/mol. The first kappa shape index (κ1) is 9.27. The minimum Gasteiger partial charge on any atom is -0.327 e. The van der Waals surface area contributed by atoms with Gasteiger partial charge in [-0.3, -0.25) is 0 Å². The first-order chi connectivity index (χ1) is 5.74. The van der Waals surface area contributed by atoms with Gasteiger partial charge in [0.25, 0.3) is 0 Å².